The number of para-hydroxylation sites is 1. The summed E-state index contributed by atoms with van der Waals surface area (Å²) in [6.07, 6.45) is 0. The molecule has 1 amide bonds. The van der Waals surface area contributed by atoms with Crippen LogP contribution in [0.15, 0.2) is 42.5 Å². The van der Waals surface area contributed by atoms with Crippen molar-refractivity contribution in [3.63, 3.8) is 0 Å². The van der Waals surface area contributed by atoms with Crippen LogP contribution in [0.2, 0.25) is 5.02 Å². The van der Waals surface area contributed by atoms with Crippen molar-refractivity contribution >= 4 is 23.2 Å². The Balaban J connectivity index is 1.72. The zero-order valence-electron chi connectivity index (χ0n) is 14.4. The normalized spacial score (nSPS) is 14.4. The molecule has 0 bridgehead atoms. The summed E-state index contributed by atoms with van der Waals surface area (Å²) < 4.78 is 10.5. The van der Waals surface area contributed by atoms with E-state index in [-0.39, 0.29) is 5.91 Å². The first-order chi connectivity index (χ1) is 12.1. The summed E-state index contributed by atoms with van der Waals surface area (Å²) in [6, 6.07) is 13.5. The summed E-state index contributed by atoms with van der Waals surface area (Å²) in [7, 11) is 3.05. The first-order valence-electron chi connectivity index (χ1n) is 8.15. The number of benzene rings is 2. The van der Waals surface area contributed by atoms with E-state index < -0.39 is 0 Å². The van der Waals surface area contributed by atoms with Crippen LogP contribution in [-0.2, 0) is 0 Å². The number of carbonyl (C=O) groups is 1. The Morgan fingerprint density at radius 2 is 1.68 bits per heavy atom. The highest BCUT2D eigenvalue weighted by Crippen LogP contribution is 2.36. The van der Waals surface area contributed by atoms with Gasteiger partial charge in [-0.1, -0.05) is 29.8 Å². The maximum atomic E-state index is 12.8. The molecule has 0 atom stereocenters. The Morgan fingerprint density at radius 3 is 2.28 bits per heavy atom. The van der Waals surface area contributed by atoms with Crippen LogP contribution in [0.5, 0.6) is 11.5 Å². The molecule has 0 aliphatic carbocycles. The molecule has 3 rings (SSSR count). The van der Waals surface area contributed by atoms with Crippen LogP contribution in [0.4, 0.5) is 5.69 Å². The number of methoxy groups -OCH3 is 2. The molecule has 0 N–H and O–H groups in total. The smallest absolute Gasteiger partial charge is 0.254 e. The minimum atomic E-state index is -0.0458. The molecule has 2 aromatic carbocycles. The zero-order chi connectivity index (χ0) is 17.8. The topological polar surface area (TPSA) is 42.0 Å². The number of ether oxygens (including phenoxy) is 2. The van der Waals surface area contributed by atoms with Gasteiger partial charge in [0.2, 0.25) is 0 Å². The van der Waals surface area contributed by atoms with Crippen molar-refractivity contribution in [2.75, 3.05) is 45.3 Å². The molecule has 0 saturated carbocycles. The quantitative estimate of drug-likeness (QED) is 0.838. The second kappa shape index (κ2) is 7.66. The zero-order valence-corrected chi connectivity index (χ0v) is 15.1. The van der Waals surface area contributed by atoms with Crippen molar-refractivity contribution in [1.82, 2.24) is 4.90 Å². The number of nitrogens with zero attached hydrogens (tertiary/aromatic N) is 2. The first kappa shape index (κ1) is 17.4. The van der Waals surface area contributed by atoms with Gasteiger partial charge in [0.05, 0.1) is 19.2 Å². The number of hydrogen-bond acceptors (Lipinski definition) is 4. The average molecular weight is 361 g/mol. The molecule has 0 aromatic heterocycles. The van der Waals surface area contributed by atoms with E-state index in [1.165, 1.54) is 19.9 Å². The molecule has 1 saturated heterocycles. The number of hydrogen-bond donors (Lipinski definition) is 0. The summed E-state index contributed by atoms with van der Waals surface area (Å²) >= 11 is 6.22. The summed E-state index contributed by atoms with van der Waals surface area (Å²) in [5.41, 5.74) is 1.69. The van der Waals surface area contributed by atoms with Gasteiger partial charge in [0.15, 0.2) is 11.5 Å². The van der Waals surface area contributed by atoms with E-state index in [1.807, 2.05) is 23.1 Å². The van der Waals surface area contributed by atoms with Gasteiger partial charge in [-0.15, -0.1) is 0 Å². The van der Waals surface area contributed by atoms with Crippen molar-refractivity contribution in [3.05, 3.63) is 53.1 Å². The highest BCUT2D eigenvalue weighted by Gasteiger charge is 2.24. The van der Waals surface area contributed by atoms with E-state index in [9.17, 15) is 4.79 Å². The Morgan fingerprint density at radius 1 is 1.00 bits per heavy atom. The van der Waals surface area contributed by atoms with E-state index in [1.54, 1.807) is 12.1 Å². The van der Waals surface area contributed by atoms with Crippen LogP contribution in [0.25, 0.3) is 0 Å². The molecule has 25 heavy (non-hydrogen) atoms. The number of halogens is 1. The number of carbonyl (C=O) groups excluding carboxylic acids is 1. The van der Waals surface area contributed by atoms with Gasteiger partial charge in [0.25, 0.3) is 5.91 Å². The lowest BCUT2D eigenvalue weighted by Gasteiger charge is -2.36. The van der Waals surface area contributed by atoms with Gasteiger partial charge < -0.3 is 19.3 Å². The number of anilines is 1. The maximum Gasteiger partial charge on any atom is 0.254 e. The molecular formula is C19H21ClN2O3. The fraction of sp³-hybridized carbons (Fsp3) is 0.316. The number of rotatable bonds is 4. The van der Waals surface area contributed by atoms with Crippen LogP contribution >= 0.6 is 11.6 Å². The molecule has 1 heterocycles. The van der Waals surface area contributed by atoms with Gasteiger partial charge in [-0.05, 0) is 24.3 Å². The van der Waals surface area contributed by atoms with Crippen molar-refractivity contribution in [3.8, 4) is 11.5 Å². The standard InChI is InChI=1S/C19H21ClN2O3/c1-24-17-13-14(12-16(20)18(17)25-2)19(23)22-10-8-21(9-11-22)15-6-4-3-5-7-15/h3-7,12-13H,8-11H2,1-2H3. The summed E-state index contributed by atoms with van der Waals surface area (Å²) in [5, 5.41) is 0.369. The minimum absolute atomic E-state index is 0.0458. The van der Waals surface area contributed by atoms with E-state index in [4.69, 9.17) is 21.1 Å². The Labute approximate surface area is 152 Å². The average Bonchev–Trinajstić information content (AvgIpc) is 2.67. The third-order valence-electron chi connectivity index (χ3n) is 4.37. The fourth-order valence-corrected chi connectivity index (χ4v) is 3.32. The predicted octanol–water partition coefficient (Wildman–Crippen LogP) is 3.32. The summed E-state index contributed by atoms with van der Waals surface area (Å²) in [5.74, 6) is 0.853. The molecule has 1 fully saturated rings. The molecule has 0 unspecified atom stereocenters. The van der Waals surface area contributed by atoms with Gasteiger partial charge in [0, 0.05) is 37.4 Å². The highest BCUT2D eigenvalue weighted by molar-refractivity contribution is 6.32. The molecule has 1 aliphatic heterocycles. The Hall–Kier alpha value is -2.40. The molecule has 0 spiro atoms. The van der Waals surface area contributed by atoms with Gasteiger partial charge in [0.1, 0.15) is 0 Å². The van der Waals surface area contributed by atoms with Crippen molar-refractivity contribution < 1.29 is 14.3 Å². The van der Waals surface area contributed by atoms with Crippen LogP contribution in [0.3, 0.4) is 0 Å². The SMILES string of the molecule is COc1cc(C(=O)N2CCN(c3ccccc3)CC2)cc(Cl)c1OC. The molecule has 132 valence electrons. The van der Waals surface area contributed by atoms with Gasteiger partial charge in [-0.2, -0.15) is 0 Å². The minimum Gasteiger partial charge on any atom is -0.493 e. The van der Waals surface area contributed by atoms with Crippen molar-refractivity contribution in [1.29, 1.82) is 0 Å². The molecule has 2 aromatic rings. The first-order valence-corrected chi connectivity index (χ1v) is 8.52. The lowest BCUT2D eigenvalue weighted by atomic mass is 10.1. The summed E-state index contributed by atoms with van der Waals surface area (Å²) in [4.78, 5) is 16.9. The molecule has 1 aliphatic rings. The number of amides is 1. The maximum absolute atomic E-state index is 12.8. The van der Waals surface area contributed by atoms with Gasteiger partial charge >= 0.3 is 0 Å². The molecule has 5 nitrogen and oxygen atoms in total. The fourth-order valence-electron chi connectivity index (χ4n) is 3.03. The van der Waals surface area contributed by atoms with Crippen LogP contribution in [-0.4, -0.2) is 51.2 Å². The van der Waals surface area contributed by atoms with E-state index >= 15 is 0 Å². The van der Waals surface area contributed by atoms with E-state index in [0.717, 1.165) is 13.1 Å². The van der Waals surface area contributed by atoms with Gasteiger partial charge in [-0.25, -0.2) is 0 Å². The molecule has 6 heteroatoms. The van der Waals surface area contributed by atoms with Gasteiger partial charge in [-0.3, -0.25) is 4.79 Å². The van der Waals surface area contributed by atoms with Crippen LogP contribution in [0.1, 0.15) is 10.4 Å². The van der Waals surface area contributed by atoms with Crippen molar-refractivity contribution in [2.24, 2.45) is 0 Å². The van der Waals surface area contributed by atoms with E-state index in [2.05, 4.69) is 17.0 Å². The third kappa shape index (κ3) is 3.66. The molecule has 0 radical (unpaired) electrons. The Kier molecular flexibility index (Phi) is 5.34. The van der Waals surface area contributed by atoms with E-state index in [0.29, 0.717) is 35.2 Å². The summed E-state index contributed by atoms with van der Waals surface area (Å²) in [6.45, 7) is 2.94. The van der Waals surface area contributed by atoms with Crippen molar-refractivity contribution in [2.45, 2.75) is 0 Å². The third-order valence-corrected chi connectivity index (χ3v) is 4.65. The lowest BCUT2D eigenvalue weighted by molar-refractivity contribution is 0.0746. The number of piperazine rings is 1. The molecular weight excluding hydrogens is 340 g/mol. The van der Waals surface area contributed by atoms with Crippen LogP contribution in [0, 0.1) is 0 Å². The van der Waals surface area contributed by atoms with Crippen LogP contribution < -0.4 is 14.4 Å². The Bertz CT molecular complexity index is 744. The largest absolute Gasteiger partial charge is 0.493 e. The lowest BCUT2D eigenvalue weighted by Crippen LogP contribution is -2.48. The second-order valence-corrected chi connectivity index (χ2v) is 6.22. The second-order valence-electron chi connectivity index (χ2n) is 5.81. The monoisotopic (exact) mass is 360 g/mol. The predicted molar refractivity (Wildman–Crippen MR) is 99.1 cm³/mol. The highest BCUT2D eigenvalue weighted by atomic mass is 35.5.